The van der Waals surface area contributed by atoms with Crippen LogP contribution >= 0.6 is 0 Å². The minimum Gasteiger partial charge on any atom is -0.447 e. The zero-order valence-electron chi connectivity index (χ0n) is 17.1. The van der Waals surface area contributed by atoms with E-state index in [-0.39, 0.29) is 19.8 Å². The quantitative estimate of drug-likeness (QED) is 0.657. The number of aliphatic hydroxyl groups is 2. The first-order valence-corrected chi connectivity index (χ1v) is 9.95. The van der Waals surface area contributed by atoms with Crippen molar-refractivity contribution in [3.8, 4) is 0 Å². The first-order valence-electron chi connectivity index (χ1n) is 9.95. The number of carbonyl (C=O) groups is 2. The fraction of sp³-hybridized carbons (Fsp3) is 0.364. The van der Waals surface area contributed by atoms with E-state index < -0.39 is 37.0 Å². The molecule has 2 aromatic rings. The smallest absolute Gasteiger partial charge is 0.410 e. The SMILES string of the molecule is O=C1OC[C@@H](C(F)F)N1Cc1ccccc1.O=C1OC[C@@H](C(O)O)N1Cc1ccccc1. The molecule has 0 aromatic heterocycles. The summed E-state index contributed by atoms with van der Waals surface area (Å²) in [6.07, 6.45) is -5.33. The molecule has 0 spiro atoms. The summed E-state index contributed by atoms with van der Waals surface area (Å²) in [5, 5.41) is 18.2. The van der Waals surface area contributed by atoms with Crippen molar-refractivity contribution in [2.24, 2.45) is 0 Å². The minimum atomic E-state index is -2.57. The molecule has 2 fully saturated rings. The van der Waals surface area contributed by atoms with E-state index in [1.54, 1.807) is 24.3 Å². The average molecular weight is 450 g/mol. The van der Waals surface area contributed by atoms with Gasteiger partial charge in [-0.25, -0.2) is 18.4 Å². The third-order valence-electron chi connectivity index (χ3n) is 5.05. The molecule has 2 atom stereocenters. The number of cyclic esters (lactones) is 2. The van der Waals surface area contributed by atoms with Crippen molar-refractivity contribution in [1.82, 2.24) is 9.80 Å². The van der Waals surface area contributed by atoms with Crippen molar-refractivity contribution in [3.63, 3.8) is 0 Å². The highest BCUT2D eigenvalue weighted by atomic mass is 19.3. The zero-order valence-corrected chi connectivity index (χ0v) is 17.1. The third-order valence-corrected chi connectivity index (χ3v) is 5.05. The molecule has 2 amide bonds. The van der Waals surface area contributed by atoms with Gasteiger partial charge in [0, 0.05) is 13.1 Å². The zero-order chi connectivity index (χ0) is 23.1. The standard InChI is InChI=1S/C11H11F2NO2.C11H13NO4/c12-10(13)9-7-16-11(15)14(9)6-8-4-2-1-3-5-8;13-10(14)9-7-16-11(15)12(9)6-8-4-2-1-3-5-8/h1-5,9-10H,6-7H2;1-5,9-10,13-14H,6-7H2/t2*9-/m00/s1. The molecule has 2 saturated heterocycles. The molecular weight excluding hydrogens is 426 g/mol. The lowest BCUT2D eigenvalue weighted by molar-refractivity contribution is -0.0854. The summed E-state index contributed by atoms with van der Waals surface area (Å²) in [5.41, 5.74) is 1.74. The number of rotatable bonds is 6. The Labute approximate surface area is 183 Å². The fourth-order valence-electron chi connectivity index (χ4n) is 3.31. The van der Waals surface area contributed by atoms with Crippen LogP contribution in [0, 0.1) is 0 Å². The summed E-state index contributed by atoms with van der Waals surface area (Å²) in [6.45, 7) is 0.267. The maximum atomic E-state index is 12.6. The second kappa shape index (κ2) is 10.9. The number of hydrogen-bond donors (Lipinski definition) is 2. The van der Waals surface area contributed by atoms with E-state index in [4.69, 9.17) is 14.9 Å². The van der Waals surface area contributed by atoms with Gasteiger partial charge in [0.15, 0.2) is 6.29 Å². The predicted octanol–water partition coefficient (Wildman–Crippen LogP) is 2.59. The molecule has 0 aliphatic carbocycles. The lowest BCUT2D eigenvalue weighted by Gasteiger charge is -2.22. The molecule has 2 aromatic carbocycles. The van der Waals surface area contributed by atoms with Crippen LogP contribution in [-0.4, -0.2) is 70.2 Å². The molecule has 10 heteroatoms. The molecule has 0 unspecified atom stereocenters. The summed E-state index contributed by atoms with van der Waals surface area (Å²) in [4.78, 5) is 25.0. The Kier molecular flexibility index (Phi) is 7.96. The van der Waals surface area contributed by atoms with Gasteiger partial charge in [0.2, 0.25) is 0 Å². The number of nitrogens with zero attached hydrogens (tertiary/aromatic N) is 2. The van der Waals surface area contributed by atoms with Gasteiger partial charge in [-0.05, 0) is 11.1 Å². The molecule has 32 heavy (non-hydrogen) atoms. The topological polar surface area (TPSA) is 99.5 Å². The van der Waals surface area contributed by atoms with Crippen molar-refractivity contribution in [3.05, 3.63) is 71.8 Å². The van der Waals surface area contributed by atoms with Crippen LogP contribution in [0.3, 0.4) is 0 Å². The van der Waals surface area contributed by atoms with Gasteiger partial charge in [-0.15, -0.1) is 0 Å². The van der Waals surface area contributed by atoms with Crippen LogP contribution in [-0.2, 0) is 22.6 Å². The second-order valence-electron chi connectivity index (χ2n) is 7.26. The van der Waals surface area contributed by atoms with Gasteiger partial charge >= 0.3 is 12.2 Å². The Balaban J connectivity index is 0.000000181. The summed E-state index contributed by atoms with van der Waals surface area (Å²) in [7, 11) is 0. The van der Waals surface area contributed by atoms with Gasteiger partial charge in [-0.1, -0.05) is 60.7 Å². The Bertz CT molecular complexity index is 811. The first-order chi connectivity index (χ1) is 15.4. The summed E-state index contributed by atoms with van der Waals surface area (Å²) >= 11 is 0. The van der Waals surface area contributed by atoms with E-state index >= 15 is 0 Å². The summed E-state index contributed by atoms with van der Waals surface area (Å²) in [6, 6.07) is 16.5. The molecular formula is C22H24F2N2O6. The minimum absolute atomic E-state index is 0.0172. The molecule has 4 rings (SSSR count). The molecule has 2 N–H and O–H groups in total. The number of benzene rings is 2. The van der Waals surface area contributed by atoms with Crippen molar-refractivity contribution in [2.45, 2.75) is 37.9 Å². The molecule has 0 saturated carbocycles. The number of ether oxygens (including phenoxy) is 2. The van der Waals surface area contributed by atoms with Gasteiger partial charge in [0.05, 0.1) is 0 Å². The lowest BCUT2D eigenvalue weighted by atomic mass is 10.2. The number of amides is 2. The lowest BCUT2D eigenvalue weighted by Crippen LogP contribution is -2.41. The van der Waals surface area contributed by atoms with E-state index in [0.29, 0.717) is 6.54 Å². The maximum Gasteiger partial charge on any atom is 0.410 e. The second-order valence-corrected chi connectivity index (χ2v) is 7.26. The van der Waals surface area contributed by atoms with Crippen molar-refractivity contribution in [2.75, 3.05) is 13.2 Å². The Morgan fingerprint density at radius 3 is 1.59 bits per heavy atom. The van der Waals surface area contributed by atoms with Crippen LogP contribution in [0.15, 0.2) is 60.7 Å². The van der Waals surface area contributed by atoms with Crippen molar-refractivity contribution < 1.29 is 38.1 Å². The number of hydrogen-bond acceptors (Lipinski definition) is 6. The number of aliphatic hydroxyl groups excluding tert-OH is 1. The van der Waals surface area contributed by atoms with Gasteiger partial charge in [0.25, 0.3) is 6.43 Å². The molecule has 2 aliphatic rings. The van der Waals surface area contributed by atoms with Gasteiger partial charge in [0.1, 0.15) is 25.3 Å². The van der Waals surface area contributed by atoms with E-state index in [9.17, 15) is 18.4 Å². The van der Waals surface area contributed by atoms with Crippen LogP contribution in [0.4, 0.5) is 18.4 Å². The molecule has 172 valence electrons. The normalized spacial score (nSPS) is 20.3. The van der Waals surface area contributed by atoms with Crippen LogP contribution in [0.5, 0.6) is 0 Å². The Morgan fingerprint density at radius 1 is 0.781 bits per heavy atom. The Morgan fingerprint density at radius 2 is 1.19 bits per heavy atom. The van der Waals surface area contributed by atoms with Crippen molar-refractivity contribution in [1.29, 1.82) is 0 Å². The molecule has 2 aliphatic heterocycles. The van der Waals surface area contributed by atoms with Crippen molar-refractivity contribution >= 4 is 12.2 Å². The van der Waals surface area contributed by atoms with E-state index in [0.717, 1.165) is 16.0 Å². The molecule has 0 radical (unpaired) electrons. The van der Waals surface area contributed by atoms with Crippen LogP contribution in [0.25, 0.3) is 0 Å². The van der Waals surface area contributed by atoms with Gasteiger partial charge < -0.3 is 19.7 Å². The maximum absolute atomic E-state index is 12.6. The molecule has 2 heterocycles. The fourth-order valence-corrected chi connectivity index (χ4v) is 3.31. The van der Waals surface area contributed by atoms with E-state index in [2.05, 4.69) is 4.74 Å². The molecule has 8 nitrogen and oxygen atoms in total. The number of carbonyl (C=O) groups excluding carboxylic acids is 2. The predicted molar refractivity (Wildman–Crippen MR) is 108 cm³/mol. The van der Waals surface area contributed by atoms with Crippen LogP contribution in [0.1, 0.15) is 11.1 Å². The largest absolute Gasteiger partial charge is 0.447 e. The van der Waals surface area contributed by atoms with Gasteiger partial charge in [-0.2, -0.15) is 0 Å². The summed E-state index contributed by atoms with van der Waals surface area (Å²) < 4.78 is 34.6. The monoisotopic (exact) mass is 450 g/mol. The van der Waals surface area contributed by atoms with Crippen LogP contribution < -0.4 is 0 Å². The molecule has 0 bridgehead atoms. The highest BCUT2D eigenvalue weighted by Gasteiger charge is 2.39. The third kappa shape index (κ3) is 5.92. The highest BCUT2D eigenvalue weighted by Crippen LogP contribution is 2.21. The Hall–Kier alpha value is -3.24. The highest BCUT2D eigenvalue weighted by molar-refractivity contribution is 5.70. The van der Waals surface area contributed by atoms with E-state index in [1.165, 1.54) is 4.90 Å². The van der Waals surface area contributed by atoms with E-state index in [1.807, 2.05) is 36.4 Å². The number of halogens is 2. The number of alkyl halides is 2. The average Bonchev–Trinajstić information content (AvgIpc) is 3.33. The first kappa shape index (κ1) is 23.4. The van der Waals surface area contributed by atoms with Crippen LogP contribution in [0.2, 0.25) is 0 Å². The summed E-state index contributed by atoms with van der Waals surface area (Å²) in [5.74, 6) is 0. The van der Waals surface area contributed by atoms with Gasteiger partial charge in [-0.3, -0.25) is 9.80 Å².